The molecule has 4 radical (unpaired) electrons. The topological polar surface area (TPSA) is 139 Å². The third kappa shape index (κ3) is 5.60. The van der Waals surface area contributed by atoms with E-state index in [0.717, 1.165) is 7.11 Å². The first-order valence-corrected chi connectivity index (χ1v) is 10.1. The second-order valence-electron chi connectivity index (χ2n) is 5.27. The average Bonchev–Trinajstić information content (AvgIpc) is 3.03. The van der Waals surface area contributed by atoms with Gasteiger partial charge in [0.25, 0.3) is 0 Å². The van der Waals surface area contributed by atoms with Crippen LogP contribution in [0.25, 0.3) is 0 Å². The second kappa shape index (κ2) is 8.50. The van der Waals surface area contributed by atoms with Crippen molar-refractivity contribution in [1.29, 1.82) is 0 Å². The number of phosphoric acid groups is 2. The molecule has 8 atom stereocenters. The normalized spacial score (nSPS) is 40.6. The van der Waals surface area contributed by atoms with Gasteiger partial charge >= 0.3 is 15.6 Å². The van der Waals surface area contributed by atoms with Crippen molar-refractivity contribution in [1.82, 2.24) is 0 Å². The molecule has 2 rings (SSSR count). The third-order valence-electron chi connectivity index (χ3n) is 3.58. The Labute approximate surface area is 147 Å². The molecule has 2 saturated heterocycles. The van der Waals surface area contributed by atoms with Gasteiger partial charge in [0, 0.05) is 26.2 Å². The zero-order chi connectivity index (χ0) is 18.8. The van der Waals surface area contributed by atoms with E-state index < -0.39 is 52.1 Å². The first-order chi connectivity index (χ1) is 11.6. The van der Waals surface area contributed by atoms with Crippen molar-refractivity contribution >= 4 is 31.3 Å². The lowest BCUT2D eigenvalue weighted by Gasteiger charge is -2.27. The molecule has 0 aromatic rings. The van der Waals surface area contributed by atoms with Gasteiger partial charge in [-0.15, -0.1) is 0 Å². The molecule has 0 saturated carbocycles. The third-order valence-corrected chi connectivity index (χ3v) is 5.63. The van der Waals surface area contributed by atoms with Crippen LogP contribution in [0.4, 0.5) is 0 Å². The predicted octanol–water partition coefficient (Wildman–Crippen LogP) is -0.946. The van der Waals surface area contributed by atoms with Crippen LogP contribution in [0.3, 0.4) is 0 Å². The SMILES string of the molecule is [B][C@@H]1OCC(OP(=O)(O)O[C@H]2C(OP(=O)(O)OC)CO[C@H]2[B])[C@@H]1OC. The molecule has 4 unspecified atom stereocenters. The Morgan fingerprint density at radius 2 is 1.36 bits per heavy atom. The van der Waals surface area contributed by atoms with Gasteiger partial charge in [0.2, 0.25) is 0 Å². The van der Waals surface area contributed by atoms with E-state index in [-0.39, 0.29) is 13.2 Å². The smallest absolute Gasteiger partial charge is 0.382 e. The highest BCUT2D eigenvalue weighted by Gasteiger charge is 2.46. The molecule has 140 valence electrons. The maximum atomic E-state index is 12.2. The minimum absolute atomic E-state index is 0.0871. The summed E-state index contributed by atoms with van der Waals surface area (Å²) in [7, 11) is 4.47. The molecule has 0 aliphatic carbocycles. The number of ether oxygens (including phenoxy) is 3. The van der Waals surface area contributed by atoms with Gasteiger partial charge < -0.3 is 24.0 Å². The quantitative estimate of drug-likeness (QED) is 0.387. The maximum Gasteiger partial charge on any atom is 0.473 e. The Morgan fingerprint density at radius 1 is 0.880 bits per heavy atom. The molecule has 15 heteroatoms. The van der Waals surface area contributed by atoms with E-state index in [1.165, 1.54) is 7.11 Å². The van der Waals surface area contributed by atoms with Crippen LogP contribution >= 0.6 is 15.6 Å². The van der Waals surface area contributed by atoms with E-state index in [1.807, 2.05) is 0 Å². The second-order valence-corrected chi connectivity index (χ2v) is 8.15. The molecular formula is C10H18B2O11P2. The first kappa shape index (κ1) is 21.5. The first-order valence-electron chi connectivity index (χ1n) is 7.12. The van der Waals surface area contributed by atoms with Crippen LogP contribution in [0.5, 0.6) is 0 Å². The standard InChI is InChI=1S/C10H18B2O11P2/c1-17-7-5(3-19-9(7)11)22-25(15,16)23-8-6(4-20-10(8)12)21-24(13,14)18-2/h5-10H,3-4H2,1-2H3,(H,13,14)(H,15,16)/t5?,6?,7-,8-,9+,10+/m0/s1. The summed E-state index contributed by atoms with van der Waals surface area (Å²) in [4.78, 5) is 19.3. The number of hydrogen-bond donors (Lipinski definition) is 2. The molecule has 0 aromatic heterocycles. The van der Waals surface area contributed by atoms with Crippen LogP contribution in [0.15, 0.2) is 0 Å². The Morgan fingerprint density at radius 3 is 1.88 bits per heavy atom. The van der Waals surface area contributed by atoms with E-state index in [0.29, 0.717) is 0 Å². The molecule has 2 heterocycles. The van der Waals surface area contributed by atoms with E-state index in [1.54, 1.807) is 0 Å². The van der Waals surface area contributed by atoms with Gasteiger partial charge in [-0.25, -0.2) is 9.13 Å². The Kier molecular flexibility index (Phi) is 7.32. The van der Waals surface area contributed by atoms with Crippen LogP contribution in [0, 0.1) is 0 Å². The van der Waals surface area contributed by atoms with E-state index in [2.05, 4.69) is 4.52 Å². The van der Waals surface area contributed by atoms with Crippen LogP contribution in [0.1, 0.15) is 0 Å². The van der Waals surface area contributed by atoms with Gasteiger partial charge in [0.1, 0.15) is 40.1 Å². The number of phosphoric ester groups is 2. The van der Waals surface area contributed by atoms with Crippen molar-refractivity contribution in [2.75, 3.05) is 27.4 Å². The number of rotatable bonds is 8. The molecular weight excluding hydrogens is 380 g/mol. The Bertz CT molecular complexity index is 551. The van der Waals surface area contributed by atoms with Gasteiger partial charge in [-0.3, -0.25) is 18.1 Å². The van der Waals surface area contributed by atoms with E-state index >= 15 is 0 Å². The van der Waals surface area contributed by atoms with Crippen LogP contribution in [0.2, 0.25) is 0 Å². The van der Waals surface area contributed by atoms with Crippen molar-refractivity contribution in [3.05, 3.63) is 0 Å². The van der Waals surface area contributed by atoms with Crippen LogP contribution in [-0.2, 0) is 41.4 Å². The lowest BCUT2D eigenvalue weighted by atomic mass is 9.94. The van der Waals surface area contributed by atoms with E-state index in [4.69, 9.17) is 43.5 Å². The highest BCUT2D eigenvalue weighted by molar-refractivity contribution is 7.47. The highest BCUT2D eigenvalue weighted by atomic mass is 31.2. The fraction of sp³-hybridized carbons (Fsp3) is 1.00. The lowest BCUT2D eigenvalue weighted by Crippen LogP contribution is -2.36. The zero-order valence-corrected chi connectivity index (χ0v) is 15.3. The van der Waals surface area contributed by atoms with Crippen LogP contribution < -0.4 is 0 Å². The fourth-order valence-electron chi connectivity index (χ4n) is 2.37. The van der Waals surface area contributed by atoms with Gasteiger partial charge in [-0.2, -0.15) is 0 Å². The molecule has 25 heavy (non-hydrogen) atoms. The fourth-order valence-corrected chi connectivity index (χ4v) is 4.12. The van der Waals surface area contributed by atoms with Gasteiger partial charge in [-0.05, 0) is 0 Å². The summed E-state index contributed by atoms with van der Waals surface area (Å²) in [6, 6.07) is -2.02. The maximum absolute atomic E-state index is 12.2. The van der Waals surface area contributed by atoms with Gasteiger partial charge in [0.05, 0.1) is 13.2 Å². The highest BCUT2D eigenvalue weighted by Crippen LogP contribution is 2.51. The molecule has 0 spiro atoms. The minimum atomic E-state index is -4.68. The Balaban J connectivity index is 2.02. The summed E-state index contributed by atoms with van der Waals surface area (Å²) in [5.74, 6) is 0. The number of methoxy groups -OCH3 is 1. The van der Waals surface area contributed by atoms with E-state index in [9.17, 15) is 18.9 Å². The molecule has 0 bridgehead atoms. The van der Waals surface area contributed by atoms with Gasteiger partial charge in [0.15, 0.2) is 0 Å². The Hall–Kier alpha value is 0.230. The summed E-state index contributed by atoms with van der Waals surface area (Å²) in [6.07, 6.45) is -4.33. The lowest BCUT2D eigenvalue weighted by molar-refractivity contribution is -0.0134. The molecule has 0 amide bonds. The van der Waals surface area contributed by atoms with Crippen molar-refractivity contribution in [2.45, 2.75) is 36.4 Å². The predicted molar refractivity (Wildman–Crippen MR) is 83.1 cm³/mol. The largest absolute Gasteiger partial charge is 0.473 e. The average molecular weight is 398 g/mol. The summed E-state index contributed by atoms with van der Waals surface area (Å²) in [5.41, 5.74) is 0. The van der Waals surface area contributed by atoms with Crippen molar-refractivity contribution < 1.29 is 51.2 Å². The molecule has 2 aliphatic heterocycles. The monoisotopic (exact) mass is 398 g/mol. The molecule has 11 nitrogen and oxygen atoms in total. The molecule has 2 aliphatic rings. The molecule has 0 aromatic carbocycles. The van der Waals surface area contributed by atoms with Crippen molar-refractivity contribution in [3.63, 3.8) is 0 Å². The molecule has 2 fully saturated rings. The van der Waals surface area contributed by atoms with Crippen molar-refractivity contribution in [3.8, 4) is 0 Å². The minimum Gasteiger partial charge on any atom is -0.382 e. The van der Waals surface area contributed by atoms with Gasteiger partial charge in [-0.1, -0.05) is 0 Å². The van der Waals surface area contributed by atoms with Crippen LogP contribution in [-0.4, -0.2) is 89.3 Å². The van der Waals surface area contributed by atoms with Crippen molar-refractivity contribution in [2.24, 2.45) is 0 Å². The summed E-state index contributed by atoms with van der Waals surface area (Å²) in [5, 5.41) is 0. The summed E-state index contributed by atoms with van der Waals surface area (Å²) in [6.45, 7) is -0.339. The number of hydrogen-bond acceptors (Lipinski definition) is 9. The summed E-state index contributed by atoms with van der Waals surface area (Å²) < 4.78 is 58.0. The molecule has 2 N–H and O–H groups in total. The zero-order valence-electron chi connectivity index (χ0n) is 13.5. The summed E-state index contributed by atoms with van der Waals surface area (Å²) >= 11 is 0.